The number of likely N-dealkylation sites (tertiary alicyclic amines) is 1. The summed E-state index contributed by atoms with van der Waals surface area (Å²) in [5.41, 5.74) is -0.276. The largest absolute Gasteiger partial charge is 0.493 e. The number of hydrogen-bond acceptors (Lipinski definition) is 8. The van der Waals surface area contributed by atoms with E-state index in [2.05, 4.69) is 0 Å². The number of esters is 1. The second kappa shape index (κ2) is 13.5. The first-order chi connectivity index (χ1) is 17.4. The van der Waals surface area contributed by atoms with Gasteiger partial charge in [-0.05, 0) is 59.2 Å². The van der Waals surface area contributed by atoms with Gasteiger partial charge in [0.15, 0.2) is 11.5 Å². The van der Waals surface area contributed by atoms with Gasteiger partial charge in [0.05, 0.1) is 32.8 Å². The molecule has 10 nitrogen and oxygen atoms in total. The van der Waals surface area contributed by atoms with Crippen molar-refractivity contribution < 1.29 is 38.1 Å². The van der Waals surface area contributed by atoms with Crippen molar-refractivity contribution in [2.24, 2.45) is 5.92 Å². The number of methoxy groups -OCH3 is 3. The van der Waals surface area contributed by atoms with Gasteiger partial charge < -0.3 is 33.5 Å². The van der Waals surface area contributed by atoms with E-state index in [-0.39, 0.29) is 25.0 Å². The van der Waals surface area contributed by atoms with Crippen molar-refractivity contribution in [3.63, 3.8) is 0 Å². The molecule has 1 unspecified atom stereocenters. The van der Waals surface area contributed by atoms with Crippen LogP contribution in [0.5, 0.6) is 11.5 Å². The van der Waals surface area contributed by atoms with Crippen LogP contribution in [0.1, 0.15) is 57.8 Å². The van der Waals surface area contributed by atoms with Crippen molar-refractivity contribution in [3.05, 3.63) is 23.8 Å². The van der Waals surface area contributed by atoms with Gasteiger partial charge in [0.25, 0.3) is 5.91 Å². The van der Waals surface area contributed by atoms with Crippen molar-refractivity contribution in [1.29, 1.82) is 0 Å². The summed E-state index contributed by atoms with van der Waals surface area (Å²) in [6.45, 7) is 10.5. The lowest BCUT2D eigenvalue weighted by Gasteiger charge is -2.43. The molecule has 0 N–H and O–H groups in total. The van der Waals surface area contributed by atoms with E-state index in [1.54, 1.807) is 58.1 Å². The minimum Gasteiger partial charge on any atom is -0.493 e. The Balaban J connectivity index is 2.35. The average Bonchev–Trinajstić information content (AvgIpc) is 2.84. The van der Waals surface area contributed by atoms with Crippen molar-refractivity contribution >= 4 is 18.0 Å². The number of amides is 2. The standard InChI is InChI=1S/C27H42N2O8/c1-18(2)29(24(30)19-10-11-22(34-7)23(15-19)36-13-9-12-33-6)21-14-20(25(31)35-8)16-28(17-21)26(32)37-27(3,4)5/h10-11,15,18,20-21H,9,12-14,16-17H2,1-8H3/t20-,21?/m0/s1. The molecule has 2 amide bonds. The van der Waals surface area contributed by atoms with Crippen LogP contribution in [0.4, 0.5) is 4.79 Å². The number of carbonyl (C=O) groups excluding carboxylic acids is 3. The van der Waals surface area contributed by atoms with Gasteiger partial charge in [-0.25, -0.2) is 4.79 Å². The highest BCUT2D eigenvalue weighted by molar-refractivity contribution is 5.95. The molecule has 1 heterocycles. The van der Waals surface area contributed by atoms with Gasteiger partial charge in [0.1, 0.15) is 5.60 Å². The topological polar surface area (TPSA) is 104 Å². The first-order valence-electron chi connectivity index (χ1n) is 12.6. The lowest BCUT2D eigenvalue weighted by molar-refractivity contribution is -0.148. The Morgan fingerprint density at radius 3 is 2.32 bits per heavy atom. The molecule has 1 aliphatic rings. The Hall–Kier alpha value is -3.01. The van der Waals surface area contributed by atoms with Crippen LogP contribution in [-0.2, 0) is 19.0 Å². The lowest BCUT2D eigenvalue weighted by Crippen LogP contribution is -2.57. The smallest absolute Gasteiger partial charge is 0.410 e. The first-order valence-corrected chi connectivity index (χ1v) is 12.6. The van der Waals surface area contributed by atoms with Gasteiger partial charge in [-0.3, -0.25) is 9.59 Å². The molecule has 0 bridgehead atoms. The summed E-state index contributed by atoms with van der Waals surface area (Å²) in [4.78, 5) is 42.5. The van der Waals surface area contributed by atoms with E-state index in [9.17, 15) is 14.4 Å². The summed E-state index contributed by atoms with van der Waals surface area (Å²) in [6, 6.07) is 4.41. The van der Waals surface area contributed by atoms with Gasteiger partial charge in [-0.1, -0.05) is 0 Å². The van der Waals surface area contributed by atoms with E-state index in [1.165, 1.54) is 12.0 Å². The SMILES string of the molecule is COCCCOc1cc(C(=O)N(C(C)C)C2C[C@H](C(=O)OC)CN(C(=O)OC(C)(C)C)C2)ccc1OC. The molecule has 0 aromatic heterocycles. The quantitative estimate of drug-likeness (QED) is 0.338. The van der Waals surface area contributed by atoms with E-state index >= 15 is 0 Å². The van der Waals surface area contributed by atoms with Crippen LogP contribution < -0.4 is 9.47 Å². The maximum Gasteiger partial charge on any atom is 0.410 e. The molecule has 0 saturated carbocycles. The summed E-state index contributed by atoms with van der Waals surface area (Å²) in [7, 11) is 4.49. The molecule has 0 aliphatic carbocycles. The molecule has 0 spiro atoms. The van der Waals surface area contributed by atoms with Crippen LogP contribution in [-0.4, -0.2) is 93.1 Å². The van der Waals surface area contributed by atoms with E-state index in [0.717, 1.165) is 0 Å². The van der Waals surface area contributed by atoms with Crippen LogP contribution in [0.2, 0.25) is 0 Å². The Kier molecular flexibility index (Phi) is 11.0. The van der Waals surface area contributed by atoms with Gasteiger partial charge >= 0.3 is 12.1 Å². The number of carbonyl (C=O) groups is 3. The number of nitrogens with zero attached hydrogens (tertiary/aromatic N) is 2. The highest BCUT2D eigenvalue weighted by atomic mass is 16.6. The maximum absolute atomic E-state index is 13.8. The van der Waals surface area contributed by atoms with Crippen LogP contribution in [0.3, 0.4) is 0 Å². The van der Waals surface area contributed by atoms with Gasteiger partial charge in [0, 0.05) is 44.8 Å². The van der Waals surface area contributed by atoms with Crippen molar-refractivity contribution in [3.8, 4) is 11.5 Å². The Bertz CT molecular complexity index is 927. The third kappa shape index (κ3) is 8.52. The molecule has 37 heavy (non-hydrogen) atoms. The number of benzene rings is 1. The second-order valence-electron chi connectivity index (χ2n) is 10.4. The third-order valence-corrected chi connectivity index (χ3v) is 5.96. The Labute approximate surface area is 220 Å². The summed E-state index contributed by atoms with van der Waals surface area (Å²) >= 11 is 0. The van der Waals surface area contributed by atoms with Crippen LogP contribution >= 0.6 is 0 Å². The first kappa shape index (κ1) is 30.2. The summed E-state index contributed by atoms with van der Waals surface area (Å²) in [6.07, 6.45) is 0.526. The molecule has 10 heteroatoms. The highest BCUT2D eigenvalue weighted by Crippen LogP contribution is 2.31. The van der Waals surface area contributed by atoms with Gasteiger partial charge in [0.2, 0.25) is 0 Å². The zero-order valence-electron chi connectivity index (χ0n) is 23.4. The molecule has 0 radical (unpaired) electrons. The maximum atomic E-state index is 13.8. The third-order valence-electron chi connectivity index (χ3n) is 5.96. The molecule has 1 aliphatic heterocycles. The number of ether oxygens (including phenoxy) is 5. The van der Waals surface area contributed by atoms with Crippen molar-refractivity contribution in [2.75, 3.05) is 47.6 Å². The number of rotatable bonds is 10. The predicted octanol–water partition coefficient (Wildman–Crippen LogP) is 3.76. The summed E-state index contributed by atoms with van der Waals surface area (Å²) < 4.78 is 26.9. The molecule has 1 fully saturated rings. The van der Waals surface area contributed by atoms with E-state index in [0.29, 0.717) is 43.1 Å². The minimum absolute atomic E-state index is 0.167. The van der Waals surface area contributed by atoms with Crippen LogP contribution in [0.25, 0.3) is 0 Å². The monoisotopic (exact) mass is 522 g/mol. The van der Waals surface area contributed by atoms with Gasteiger partial charge in [-0.2, -0.15) is 0 Å². The summed E-state index contributed by atoms with van der Waals surface area (Å²) in [5, 5.41) is 0. The molecule has 1 aromatic rings. The van der Waals surface area contributed by atoms with Crippen LogP contribution in [0.15, 0.2) is 18.2 Å². The molecular formula is C27H42N2O8. The Morgan fingerprint density at radius 1 is 1.05 bits per heavy atom. The second-order valence-corrected chi connectivity index (χ2v) is 10.4. The van der Waals surface area contributed by atoms with Crippen LogP contribution in [0, 0.1) is 5.92 Å². The molecule has 1 saturated heterocycles. The Morgan fingerprint density at radius 2 is 1.76 bits per heavy atom. The van der Waals surface area contributed by atoms with E-state index in [1.807, 2.05) is 13.8 Å². The summed E-state index contributed by atoms with van der Waals surface area (Å²) in [5.74, 6) is -0.269. The molecular weight excluding hydrogens is 480 g/mol. The molecule has 2 atom stereocenters. The van der Waals surface area contributed by atoms with E-state index in [4.69, 9.17) is 23.7 Å². The fourth-order valence-electron chi connectivity index (χ4n) is 4.37. The van der Waals surface area contributed by atoms with Gasteiger partial charge in [-0.15, -0.1) is 0 Å². The lowest BCUT2D eigenvalue weighted by atomic mass is 9.92. The normalized spacial score (nSPS) is 17.8. The minimum atomic E-state index is -0.693. The average molecular weight is 523 g/mol. The molecule has 1 aromatic carbocycles. The van der Waals surface area contributed by atoms with Crippen molar-refractivity contribution in [1.82, 2.24) is 9.80 Å². The fraction of sp³-hybridized carbons (Fsp3) is 0.667. The molecule has 208 valence electrons. The predicted molar refractivity (Wildman–Crippen MR) is 138 cm³/mol. The zero-order valence-corrected chi connectivity index (χ0v) is 23.4. The molecule has 2 rings (SSSR count). The fourth-order valence-corrected chi connectivity index (χ4v) is 4.37. The van der Waals surface area contributed by atoms with Crippen molar-refractivity contribution in [2.45, 2.75) is 65.1 Å². The number of hydrogen-bond donors (Lipinski definition) is 0. The number of piperidine rings is 1. The van der Waals surface area contributed by atoms with E-state index < -0.39 is 29.6 Å². The zero-order chi connectivity index (χ0) is 27.8. The highest BCUT2D eigenvalue weighted by Gasteiger charge is 2.40.